The van der Waals surface area contributed by atoms with Crippen LogP contribution >= 0.6 is 0 Å². The van der Waals surface area contributed by atoms with Crippen LogP contribution < -0.4 is 5.32 Å². The van der Waals surface area contributed by atoms with Gasteiger partial charge in [-0.05, 0) is 18.4 Å². The molecule has 4 heteroatoms. The smallest absolute Gasteiger partial charge is 0.241 e. The second kappa shape index (κ2) is 7.46. The number of carbonyl (C=O) groups is 1. The summed E-state index contributed by atoms with van der Waals surface area (Å²) < 4.78 is 0. The fourth-order valence-electron chi connectivity index (χ4n) is 1.60. The lowest BCUT2D eigenvalue weighted by atomic mass is 10.00. The Balaban J connectivity index is 2.52. The molecule has 4 nitrogen and oxygen atoms in total. The largest absolute Gasteiger partial charge is 0.393 e. The highest BCUT2D eigenvalue weighted by Crippen LogP contribution is 2.14. The number of rotatable bonds is 6. The summed E-state index contributed by atoms with van der Waals surface area (Å²) in [4.78, 5) is 11.8. The molecule has 2 atom stereocenters. The van der Waals surface area contributed by atoms with E-state index in [1.165, 1.54) is 0 Å². The van der Waals surface area contributed by atoms with Crippen molar-refractivity contribution in [3.8, 4) is 6.07 Å². The van der Waals surface area contributed by atoms with Crippen LogP contribution in [0.2, 0.25) is 0 Å². The van der Waals surface area contributed by atoms with E-state index in [0.717, 1.165) is 0 Å². The van der Waals surface area contributed by atoms with Crippen molar-refractivity contribution in [2.75, 3.05) is 6.54 Å². The molecule has 0 heterocycles. The molecule has 18 heavy (non-hydrogen) atoms. The molecule has 0 aliphatic carbocycles. The summed E-state index contributed by atoms with van der Waals surface area (Å²) in [5, 5.41) is 21.1. The molecular weight excluding hydrogens is 228 g/mol. The monoisotopic (exact) mass is 246 g/mol. The first-order chi connectivity index (χ1) is 8.69. The minimum Gasteiger partial charge on any atom is -0.393 e. The van der Waals surface area contributed by atoms with Gasteiger partial charge in [-0.3, -0.25) is 4.79 Å². The highest BCUT2D eigenvalue weighted by molar-refractivity contribution is 5.86. The zero-order valence-corrected chi connectivity index (χ0v) is 10.5. The lowest BCUT2D eigenvalue weighted by Gasteiger charge is -2.12. The van der Waals surface area contributed by atoms with Crippen LogP contribution in [0.3, 0.4) is 0 Å². The van der Waals surface area contributed by atoms with E-state index in [1.807, 2.05) is 19.1 Å². The van der Waals surface area contributed by atoms with E-state index in [2.05, 4.69) is 5.32 Å². The number of hydrogen-bond acceptors (Lipinski definition) is 3. The van der Waals surface area contributed by atoms with Crippen LogP contribution in [0.4, 0.5) is 0 Å². The second-order valence-corrected chi connectivity index (χ2v) is 4.11. The van der Waals surface area contributed by atoms with Crippen LogP contribution in [-0.2, 0) is 4.79 Å². The zero-order valence-electron chi connectivity index (χ0n) is 10.5. The van der Waals surface area contributed by atoms with Gasteiger partial charge in [-0.15, -0.1) is 0 Å². The van der Waals surface area contributed by atoms with E-state index in [9.17, 15) is 9.90 Å². The molecule has 0 spiro atoms. The number of nitriles is 1. The predicted octanol–water partition coefficient (Wildman–Crippen LogP) is 1.57. The van der Waals surface area contributed by atoms with Crippen molar-refractivity contribution >= 4 is 5.91 Å². The molecule has 96 valence electrons. The van der Waals surface area contributed by atoms with Crippen molar-refractivity contribution in [2.24, 2.45) is 0 Å². The van der Waals surface area contributed by atoms with E-state index in [4.69, 9.17) is 5.26 Å². The minimum atomic E-state index is -0.787. The lowest BCUT2D eigenvalue weighted by Crippen LogP contribution is -2.31. The van der Waals surface area contributed by atoms with E-state index in [1.54, 1.807) is 24.3 Å². The number of hydrogen-bond donors (Lipinski definition) is 2. The summed E-state index contributed by atoms with van der Waals surface area (Å²) in [6.07, 6.45) is 0.772. The number of nitrogens with one attached hydrogen (secondary N) is 1. The fraction of sp³-hybridized carbons (Fsp3) is 0.429. The van der Waals surface area contributed by atoms with Crippen molar-refractivity contribution in [3.63, 3.8) is 0 Å². The highest BCUT2D eigenvalue weighted by Gasteiger charge is 2.19. The molecule has 0 radical (unpaired) electrons. The molecule has 1 rings (SSSR count). The zero-order chi connectivity index (χ0) is 13.4. The molecular formula is C14H18N2O2. The van der Waals surface area contributed by atoms with E-state index < -0.39 is 12.0 Å². The third-order valence-electron chi connectivity index (χ3n) is 2.77. The van der Waals surface area contributed by atoms with Gasteiger partial charge >= 0.3 is 0 Å². The SMILES string of the molecule is CCC(O)CCNC(=O)C(C#N)c1ccccc1. The number of carbonyl (C=O) groups excluding carboxylic acids is 1. The summed E-state index contributed by atoms with van der Waals surface area (Å²) in [5.41, 5.74) is 0.688. The minimum absolute atomic E-state index is 0.313. The number of amides is 1. The third kappa shape index (κ3) is 4.19. The summed E-state index contributed by atoms with van der Waals surface area (Å²) >= 11 is 0. The van der Waals surface area contributed by atoms with Crippen LogP contribution in [0.5, 0.6) is 0 Å². The van der Waals surface area contributed by atoms with Gasteiger partial charge in [0.2, 0.25) is 5.91 Å². The van der Waals surface area contributed by atoms with Gasteiger partial charge in [0.1, 0.15) is 5.92 Å². The Morgan fingerprint density at radius 2 is 2.11 bits per heavy atom. The maximum absolute atomic E-state index is 11.8. The molecule has 0 aliphatic heterocycles. The summed E-state index contributed by atoms with van der Waals surface area (Å²) in [7, 11) is 0. The first kappa shape index (κ1) is 14.2. The van der Waals surface area contributed by atoms with Crippen molar-refractivity contribution in [1.29, 1.82) is 5.26 Å². The number of aliphatic hydroxyl groups is 1. The molecule has 2 N–H and O–H groups in total. The number of benzene rings is 1. The standard InChI is InChI=1S/C14H18N2O2/c1-2-12(17)8-9-16-14(18)13(10-15)11-6-4-3-5-7-11/h3-7,12-13,17H,2,8-9H2,1H3,(H,16,18). The van der Waals surface area contributed by atoms with Crippen LogP contribution in [-0.4, -0.2) is 23.7 Å². The maximum Gasteiger partial charge on any atom is 0.241 e. The fourth-order valence-corrected chi connectivity index (χ4v) is 1.60. The van der Waals surface area contributed by atoms with Gasteiger partial charge in [-0.1, -0.05) is 37.3 Å². The average Bonchev–Trinajstić information content (AvgIpc) is 2.40. The molecule has 0 saturated heterocycles. The summed E-state index contributed by atoms with van der Waals surface area (Å²) in [6.45, 7) is 2.27. The second-order valence-electron chi connectivity index (χ2n) is 4.11. The van der Waals surface area contributed by atoms with Crippen molar-refractivity contribution in [2.45, 2.75) is 31.8 Å². The lowest BCUT2D eigenvalue weighted by molar-refractivity contribution is -0.121. The van der Waals surface area contributed by atoms with Crippen LogP contribution in [0.15, 0.2) is 30.3 Å². The van der Waals surface area contributed by atoms with Gasteiger partial charge in [-0.2, -0.15) is 5.26 Å². The first-order valence-corrected chi connectivity index (χ1v) is 6.09. The Bertz CT molecular complexity index is 412. The van der Waals surface area contributed by atoms with Crippen LogP contribution in [0.1, 0.15) is 31.2 Å². The topological polar surface area (TPSA) is 73.1 Å². The van der Waals surface area contributed by atoms with Gasteiger partial charge in [0, 0.05) is 6.54 Å². The normalized spacial score (nSPS) is 13.4. The van der Waals surface area contributed by atoms with Crippen LogP contribution in [0.25, 0.3) is 0 Å². The van der Waals surface area contributed by atoms with Gasteiger partial charge in [0.25, 0.3) is 0 Å². The summed E-state index contributed by atoms with van der Waals surface area (Å²) in [6, 6.07) is 11.0. The van der Waals surface area contributed by atoms with E-state index in [0.29, 0.717) is 24.9 Å². The Hall–Kier alpha value is -1.86. The highest BCUT2D eigenvalue weighted by atomic mass is 16.3. The van der Waals surface area contributed by atoms with Crippen molar-refractivity contribution in [3.05, 3.63) is 35.9 Å². The molecule has 2 unspecified atom stereocenters. The molecule has 0 aliphatic rings. The quantitative estimate of drug-likeness (QED) is 0.800. The third-order valence-corrected chi connectivity index (χ3v) is 2.77. The maximum atomic E-state index is 11.8. The Kier molecular flexibility index (Phi) is 5.89. The summed E-state index contributed by atoms with van der Waals surface area (Å²) in [5.74, 6) is -1.10. The van der Waals surface area contributed by atoms with Gasteiger partial charge in [-0.25, -0.2) is 0 Å². The van der Waals surface area contributed by atoms with Crippen molar-refractivity contribution in [1.82, 2.24) is 5.32 Å². The number of aliphatic hydroxyl groups excluding tert-OH is 1. The Morgan fingerprint density at radius 1 is 1.44 bits per heavy atom. The average molecular weight is 246 g/mol. The van der Waals surface area contributed by atoms with Crippen LogP contribution in [0, 0.1) is 11.3 Å². The molecule has 0 aromatic heterocycles. The van der Waals surface area contributed by atoms with Gasteiger partial charge in [0.05, 0.1) is 12.2 Å². The molecule has 0 saturated carbocycles. The Morgan fingerprint density at radius 3 is 2.67 bits per heavy atom. The van der Waals surface area contributed by atoms with Gasteiger partial charge < -0.3 is 10.4 Å². The predicted molar refractivity (Wildman–Crippen MR) is 68.7 cm³/mol. The molecule has 1 amide bonds. The van der Waals surface area contributed by atoms with Gasteiger partial charge in [0.15, 0.2) is 0 Å². The van der Waals surface area contributed by atoms with E-state index >= 15 is 0 Å². The molecule has 1 aromatic rings. The molecule has 0 bridgehead atoms. The Labute approximate surface area is 107 Å². The number of nitrogens with zero attached hydrogens (tertiary/aromatic N) is 1. The molecule has 0 fully saturated rings. The van der Waals surface area contributed by atoms with E-state index in [-0.39, 0.29) is 5.91 Å². The first-order valence-electron chi connectivity index (χ1n) is 6.09. The molecule has 1 aromatic carbocycles. The van der Waals surface area contributed by atoms with Crippen molar-refractivity contribution < 1.29 is 9.90 Å².